The van der Waals surface area contributed by atoms with Gasteiger partial charge in [-0.2, -0.15) is 18.2 Å². The van der Waals surface area contributed by atoms with Gasteiger partial charge in [0.1, 0.15) is 45.3 Å². The predicted octanol–water partition coefficient (Wildman–Crippen LogP) is 3.67. The van der Waals surface area contributed by atoms with Crippen molar-refractivity contribution in [3.05, 3.63) is 52.7 Å². The molecule has 2 saturated heterocycles. The average Bonchev–Trinajstić information content (AvgIpc) is 3.34. The third kappa shape index (κ3) is 5.33. The molecule has 2 aliphatic heterocycles. The number of carbonyl (C=O) groups excluding carboxylic acids is 2. The number of rotatable bonds is 7. The van der Waals surface area contributed by atoms with Crippen molar-refractivity contribution in [1.29, 1.82) is 0 Å². The number of alkyl halides is 3. The summed E-state index contributed by atoms with van der Waals surface area (Å²) in [6.45, 7) is 2.48. The summed E-state index contributed by atoms with van der Waals surface area (Å²) >= 11 is 6.59. The highest BCUT2D eigenvalue weighted by molar-refractivity contribution is 6.30. The molecule has 2 atom stereocenters. The van der Waals surface area contributed by atoms with Gasteiger partial charge in [-0.25, -0.2) is 9.97 Å². The summed E-state index contributed by atoms with van der Waals surface area (Å²) in [5.41, 5.74) is 12.1. The number of aliphatic imine (C=N–C) groups is 1. The van der Waals surface area contributed by atoms with Gasteiger partial charge in [0.2, 0.25) is 5.91 Å². The van der Waals surface area contributed by atoms with Crippen molar-refractivity contribution in [3.8, 4) is 17.0 Å². The summed E-state index contributed by atoms with van der Waals surface area (Å²) in [6.07, 6.45) is -0.523. The minimum Gasteiger partial charge on any atom is -0.493 e. The molecule has 0 aliphatic carbocycles. The van der Waals surface area contributed by atoms with E-state index in [1.54, 1.807) is 17.4 Å². The van der Waals surface area contributed by atoms with Gasteiger partial charge >= 0.3 is 6.18 Å². The Labute approximate surface area is 243 Å². The van der Waals surface area contributed by atoms with E-state index in [1.165, 1.54) is 18.3 Å². The number of fused-ring (bicyclic) bond motifs is 2. The highest BCUT2D eigenvalue weighted by atomic mass is 35.5. The molecule has 0 spiro atoms. The minimum atomic E-state index is -4.70. The molecule has 2 aliphatic rings. The highest BCUT2D eigenvalue weighted by Crippen LogP contribution is 2.41. The summed E-state index contributed by atoms with van der Waals surface area (Å²) in [5, 5.41) is 2.27. The van der Waals surface area contributed by atoms with Crippen LogP contribution in [0.2, 0.25) is 5.15 Å². The number of hydrogen-bond donors (Lipinski definition) is 3. The van der Waals surface area contributed by atoms with Crippen LogP contribution < -0.4 is 21.5 Å². The number of carbonyl (C=O) groups is 2. The zero-order valence-corrected chi connectivity index (χ0v) is 23.5. The van der Waals surface area contributed by atoms with E-state index < -0.39 is 23.6 Å². The molecule has 1 aromatic carbocycles. The fraction of sp³-hybridized carbons (Fsp3) is 0.370. The summed E-state index contributed by atoms with van der Waals surface area (Å²) in [6, 6.07) is 4.68. The van der Waals surface area contributed by atoms with Gasteiger partial charge < -0.3 is 26.4 Å². The number of anilines is 1. The maximum absolute atomic E-state index is 13.0. The smallest absolute Gasteiger partial charge is 0.431 e. The molecule has 2 unspecified atom stereocenters. The number of imidazole rings is 1. The quantitative estimate of drug-likeness (QED) is 0.210. The number of benzene rings is 1. The van der Waals surface area contributed by atoms with Crippen molar-refractivity contribution in [1.82, 2.24) is 24.6 Å². The van der Waals surface area contributed by atoms with Gasteiger partial charge in [0, 0.05) is 49.2 Å². The number of aromatic nitrogens is 3. The topological polar surface area (TPSA) is 153 Å². The minimum absolute atomic E-state index is 0.0269. The number of halogens is 4. The third-order valence-corrected chi connectivity index (χ3v) is 7.62. The molecule has 0 radical (unpaired) electrons. The normalized spacial score (nSPS) is 19.5. The van der Waals surface area contributed by atoms with Gasteiger partial charge in [0.05, 0.1) is 12.8 Å². The Kier molecular flexibility index (Phi) is 7.75. The first-order valence-corrected chi connectivity index (χ1v) is 13.5. The van der Waals surface area contributed by atoms with Crippen molar-refractivity contribution in [2.45, 2.75) is 44.3 Å². The number of β-lactam (4-membered cyclic amide) rings is 1. The Hall–Kier alpha value is -4.33. The van der Waals surface area contributed by atoms with Crippen LogP contribution in [-0.4, -0.2) is 69.3 Å². The second-order valence-corrected chi connectivity index (χ2v) is 10.3. The molecule has 0 bridgehead atoms. The maximum atomic E-state index is 13.0. The zero-order valence-electron chi connectivity index (χ0n) is 22.7. The van der Waals surface area contributed by atoms with Crippen LogP contribution in [0.25, 0.3) is 16.8 Å². The van der Waals surface area contributed by atoms with E-state index in [0.717, 1.165) is 19.9 Å². The number of nitrogens with one attached hydrogen (secondary N) is 1. The number of ether oxygens (including phenoxy) is 1. The molecular weight excluding hydrogens is 577 g/mol. The Morgan fingerprint density at radius 2 is 2.10 bits per heavy atom. The molecule has 5 rings (SSSR count). The number of nitrogen functional groups attached to an aromatic ring is 1. The van der Waals surface area contributed by atoms with Crippen LogP contribution in [0.3, 0.4) is 0 Å². The van der Waals surface area contributed by atoms with Gasteiger partial charge in [0.15, 0.2) is 0 Å². The highest BCUT2D eigenvalue weighted by Gasteiger charge is 2.42. The number of nitrogens with zero attached hydrogens (tertiary/aromatic N) is 5. The third-order valence-electron chi connectivity index (χ3n) is 7.35. The second kappa shape index (κ2) is 11.2. The second-order valence-electron chi connectivity index (χ2n) is 9.94. The van der Waals surface area contributed by atoms with E-state index in [9.17, 15) is 22.8 Å². The Morgan fingerprint density at radius 3 is 2.76 bits per heavy atom. The molecule has 5 N–H and O–H groups in total. The summed E-state index contributed by atoms with van der Waals surface area (Å²) in [4.78, 5) is 39.6. The van der Waals surface area contributed by atoms with Crippen molar-refractivity contribution in [3.63, 3.8) is 0 Å². The average molecular weight is 605 g/mol. The monoisotopic (exact) mass is 604 g/mol. The fourth-order valence-electron chi connectivity index (χ4n) is 5.34. The molecular formula is C27H28ClF3N8O3. The Morgan fingerprint density at radius 1 is 1.33 bits per heavy atom. The predicted molar refractivity (Wildman–Crippen MR) is 150 cm³/mol. The van der Waals surface area contributed by atoms with Gasteiger partial charge in [-0.15, -0.1) is 0 Å². The first kappa shape index (κ1) is 29.2. The zero-order chi connectivity index (χ0) is 30.3. The van der Waals surface area contributed by atoms with Crippen molar-refractivity contribution < 1.29 is 27.5 Å². The fourth-order valence-corrected chi connectivity index (χ4v) is 5.56. The van der Waals surface area contributed by atoms with Crippen LogP contribution in [0.1, 0.15) is 48.3 Å². The van der Waals surface area contributed by atoms with E-state index >= 15 is 0 Å². The van der Waals surface area contributed by atoms with Gasteiger partial charge in [0.25, 0.3) is 5.91 Å². The number of amides is 2. The lowest BCUT2D eigenvalue weighted by molar-refractivity contribution is -0.149. The van der Waals surface area contributed by atoms with Crippen molar-refractivity contribution in [2.24, 2.45) is 10.7 Å². The largest absolute Gasteiger partial charge is 0.493 e. The van der Waals surface area contributed by atoms with E-state index in [2.05, 4.69) is 9.98 Å². The molecule has 222 valence electrons. The molecule has 2 amide bonds. The van der Waals surface area contributed by atoms with Crippen molar-refractivity contribution in [2.75, 3.05) is 25.9 Å². The SMILES string of the molecule is CCOc1cc(C(=O)N=C(N)/C=C(\NC)C(F)(F)F)ccc1-c1nc(C2CCC3CC(=O)N3C2)n2c(Cl)cnc(N)c12. The number of hydrogen-bond acceptors (Lipinski definition) is 7. The molecule has 11 nitrogen and oxygen atoms in total. The number of amidine groups is 1. The molecule has 2 fully saturated rings. The lowest BCUT2D eigenvalue weighted by Gasteiger charge is -2.46. The summed E-state index contributed by atoms with van der Waals surface area (Å²) < 4.78 is 46.7. The Balaban J connectivity index is 1.56. The lowest BCUT2D eigenvalue weighted by Crippen LogP contribution is -2.56. The first-order chi connectivity index (χ1) is 19.9. The molecule has 42 heavy (non-hydrogen) atoms. The Bertz CT molecular complexity index is 1630. The number of piperidine rings is 1. The van der Waals surface area contributed by atoms with Crippen LogP contribution in [0.4, 0.5) is 19.0 Å². The van der Waals surface area contributed by atoms with Crippen LogP contribution in [0.5, 0.6) is 5.75 Å². The standard InChI is InChI=1S/C27H28ClF3N8O3/c1-3-42-17-8-13(26(41)36-20(32)10-18(34-2)27(29,30)31)5-7-16(17)22-23-24(33)35-11-19(28)39(23)25(37-22)14-4-6-15-9-21(40)38(15)12-14/h5,7-8,10-11,14-15,34H,3-4,6,9,12H2,1-2H3,(H2,33,35)(H2,32,36,41)/b18-10-. The number of nitrogens with two attached hydrogens (primary N) is 2. The number of allylic oxidation sites excluding steroid dienone is 1. The van der Waals surface area contributed by atoms with Crippen LogP contribution in [0, 0.1) is 0 Å². The van der Waals surface area contributed by atoms with Gasteiger partial charge in [-0.1, -0.05) is 11.6 Å². The van der Waals surface area contributed by atoms with E-state index in [1.807, 2.05) is 10.2 Å². The molecule has 15 heteroatoms. The van der Waals surface area contributed by atoms with Crippen molar-refractivity contribution >= 4 is 40.6 Å². The molecule has 3 aromatic rings. The summed E-state index contributed by atoms with van der Waals surface area (Å²) in [5.74, 6) is -0.454. The van der Waals surface area contributed by atoms with Gasteiger partial charge in [-0.3, -0.25) is 14.0 Å². The lowest BCUT2D eigenvalue weighted by atomic mass is 9.85. The van der Waals surface area contributed by atoms with Crippen LogP contribution in [-0.2, 0) is 4.79 Å². The van der Waals surface area contributed by atoms with E-state index in [4.69, 9.17) is 32.8 Å². The first-order valence-electron chi connectivity index (χ1n) is 13.2. The van der Waals surface area contributed by atoms with E-state index in [-0.39, 0.29) is 46.8 Å². The summed E-state index contributed by atoms with van der Waals surface area (Å²) in [7, 11) is 1.08. The van der Waals surface area contributed by atoms with Crippen LogP contribution >= 0.6 is 11.6 Å². The van der Waals surface area contributed by atoms with Gasteiger partial charge in [-0.05, 0) is 38.0 Å². The van der Waals surface area contributed by atoms with E-state index in [0.29, 0.717) is 41.6 Å². The maximum Gasteiger partial charge on any atom is 0.431 e. The van der Waals surface area contributed by atoms with Crippen LogP contribution in [0.15, 0.2) is 41.2 Å². The molecule has 4 heterocycles. The molecule has 0 saturated carbocycles. The molecule has 2 aromatic heterocycles.